The van der Waals surface area contributed by atoms with Gasteiger partial charge in [-0.2, -0.15) is 0 Å². The second-order valence-corrected chi connectivity index (χ2v) is 4.45. The standard InChI is InChI=1S/C12H17ClN2O/c13-12-4-2-1-3-10(12)7-15(6-5-14)11-8-16-9-11/h1-4,11H,5-9,14H2. The van der Waals surface area contributed by atoms with Gasteiger partial charge in [0, 0.05) is 24.7 Å². The van der Waals surface area contributed by atoms with E-state index in [4.69, 9.17) is 22.1 Å². The van der Waals surface area contributed by atoms with Crippen molar-refractivity contribution in [1.29, 1.82) is 0 Å². The third-order valence-corrected chi connectivity index (χ3v) is 3.25. The molecule has 0 spiro atoms. The van der Waals surface area contributed by atoms with Crippen molar-refractivity contribution in [2.75, 3.05) is 26.3 Å². The summed E-state index contributed by atoms with van der Waals surface area (Å²) in [6.45, 7) is 4.03. The molecule has 16 heavy (non-hydrogen) atoms. The highest BCUT2D eigenvalue weighted by Gasteiger charge is 2.25. The molecule has 1 aliphatic heterocycles. The van der Waals surface area contributed by atoms with Gasteiger partial charge < -0.3 is 10.5 Å². The highest BCUT2D eigenvalue weighted by atomic mass is 35.5. The maximum absolute atomic E-state index is 6.15. The molecule has 1 aromatic carbocycles. The summed E-state index contributed by atoms with van der Waals surface area (Å²) in [6.07, 6.45) is 0. The molecule has 0 aliphatic carbocycles. The SMILES string of the molecule is NCCN(Cc1ccccc1Cl)C1COC1. The topological polar surface area (TPSA) is 38.5 Å². The van der Waals surface area contributed by atoms with E-state index >= 15 is 0 Å². The van der Waals surface area contributed by atoms with Crippen LogP contribution in [0.3, 0.4) is 0 Å². The minimum Gasteiger partial charge on any atom is -0.378 e. The first kappa shape index (κ1) is 11.9. The lowest BCUT2D eigenvalue weighted by atomic mass is 10.1. The maximum Gasteiger partial charge on any atom is 0.0645 e. The predicted molar refractivity (Wildman–Crippen MR) is 65.5 cm³/mol. The Kier molecular flexibility index (Phi) is 4.18. The molecule has 1 saturated heterocycles. The van der Waals surface area contributed by atoms with Crippen molar-refractivity contribution in [2.24, 2.45) is 5.73 Å². The van der Waals surface area contributed by atoms with Gasteiger partial charge in [-0.1, -0.05) is 29.8 Å². The van der Waals surface area contributed by atoms with Gasteiger partial charge in [-0.15, -0.1) is 0 Å². The van der Waals surface area contributed by atoms with Crippen molar-refractivity contribution >= 4 is 11.6 Å². The van der Waals surface area contributed by atoms with Crippen LogP contribution in [-0.2, 0) is 11.3 Å². The van der Waals surface area contributed by atoms with Gasteiger partial charge >= 0.3 is 0 Å². The Labute approximate surface area is 101 Å². The zero-order valence-electron chi connectivity index (χ0n) is 9.23. The summed E-state index contributed by atoms with van der Waals surface area (Å²) in [5, 5.41) is 0.824. The lowest BCUT2D eigenvalue weighted by Crippen LogP contribution is -2.50. The van der Waals surface area contributed by atoms with E-state index < -0.39 is 0 Å². The Hall–Kier alpha value is -0.610. The Morgan fingerprint density at radius 1 is 1.38 bits per heavy atom. The average Bonchev–Trinajstić information content (AvgIpc) is 2.19. The summed E-state index contributed by atoms with van der Waals surface area (Å²) in [5.74, 6) is 0. The van der Waals surface area contributed by atoms with Crippen LogP contribution in [0.25, 0.3) is 0 Å². The van der Waals surface area contributed by atoms with E-state index in [1.165, 1.54) is 0 Å². The molecule has 0 radical (unpaired) electrons. The number of ether oxygens (including phenoxy) is 1. The van der Waals surface area contributed by atoms with E-state index in [0.29, 0.717) is 12.6 Å². The Morgan fingerprint density at radius 3 is 2.69 bits per heavy atom. The molecule has 2 rings (SSSR count). The highest BCUT2D eigenvalue weighted by molar-refractivity contribution is 6.31. The molecular formula is C12H17ClN2O. The summed E-state index contributed by atoms with van der Waals surface area (Å²) in [5.41, 5.74) is 6.78. The first-order chi connectivity index (χ1) is 7.81. The Morgan fingerprint density at radius 2 is 2.12 bits per heavy atom. The van der Waals surface area contributed by atoms with Gasteiger partial charge in [0.05, 0.1) is 19.3 Å². The van der Waals surface area contributed by atoms with E-state index in [2.05, 4.69) is 11.0 Å². The van der Waals surface area contributed by atoms with Crippen molar-refractivity contribution in [3.63, 3.8) is 0 Å². The molecule has 1 heterocycles. The second-order valence-electron chi connectivity index (χ2n) is 4.04. The van der Waals surface area contributed by atoms with E-state index in [1.807, 2.05) is 18.2 Å². The van der Waals surface area contributed by atoms with Crippen molar-refractivity contribution in [2.45, 2.75) is 12.6 Å². The third-order valence-electron chi connectivity index (χ3n) is 2.88. The molecule has 1 fully saturated rings. The van der Waals surface area contributed by atoms with Crippen LogP contribution in [0, 0.1) is 0 Å². The first-order valence-corrected chi connectivity index (χ1v) is 5.94. The van der Waals surface area contributed by atoms with Crippen LogP contribution in [0.15, 0.2) is 24.3 Å². The Balaban J connectivity index is 2.01. The van der Waals surface area contributed by atoms with Crippen molar-refractivity contribution in [1.82, 2.24) is 4.90 Å². The first-order valence-electron chi connectivity index (χ1n) is 5.56. The molecule has 0 saturated carbocycles. The predicted octanol–water partition coefficient (Wildman–Crippen LogP) is 1.50. The second kappa shape index (κ2) is 5.64. The normalized spacial score (nSPS) is 16.4. The van der Waals surface area contributed by atoms with Crippen molar-refractivity contribution in [3.05, 3.63) is 34.9 Å². The van der Waals surface area contributed by atoms with Gasteiger partial charge in [0.15, 0.2) is 0 Å². The van der Waals surface area contributed by atoms with Gasteiger partial charge in [-0.25, -0.2) is 0 Å². The molecule has 0 aromatic heterocycles. The molecule has 0 unspecified atom stereocenters. The zero-order valence-corrected chi connectivity index (χ0v) is 9.99. The summed E-state index contributed by atoms with van der Waals surface area (Å²) in [4.78, 5) is 2.34. The third kappa shape index (κ3) is 2.74. The fourth-order valence-electron chi connectivity index (χ4n) is 1.84. The van der Waals surface area contributed by atoms with E-state index in [1.54, 1.807) is 0 Å². The van der Waals surface area contributed by atoms with Crippen LogP contribution >= 0.6 is 11.6 Å². The smallest absolute Gasteiger partial charge is 0.0645 e. The fourth-order valence-corrected chi connectivity index (χ4v) is 2.03. The average molecular weight is 241 g/mol. The number of nitrogens with two attached hydrogens (primary N) is 1. The molecule has 0 amide bonds. The van der Waals surface area contributed by atoms with Crippen LogP contribution in [-0.4, -0.2) is 37.2 Å². The van der Waals surface area contributed by atoms with Crippen LogP contribution < -0.4 is 5.73 Å². The molecule has 0 bridgehead atoms. The van der Waals surface area contributed by atoms with Crippen molar-refractivity contribution < 1.29 is 4.74 Å². The van der Waals surface area contributed by atoms with E-state index in [-0.39, 0.29) is 0 Å². The maximum atomic E-state index is 6.15. The van der Waals surface area contributed by atoms with Gasteiger partial charge in [0.25, 0.3) is 0 Å². The minimum absolute atomic E-state index is 0.500. The highest BCUT2D eigenvalue weighted by Crippen LogP contribution is 2.20. The monoisotopic (exact) mass is 240 g/mol. The Bertz CT molecular complexity index is 342. The number of hydrogen-bond acceptors (Lipinski definition) is 3. The molecular weight excluding hydrogens is 224 g/mol. The fraction of sp³-hybridized carbons (Fsp3) is 0.500. The molecule has 1 aliphatic rings. The van der Waals surface area contributed by atoms with E-state index in [9.17, 15) is 0 Å². The summed E-state index contributed by atoms with van der Waals surface area (Å²) < 4.78 is 5.21. The van der Waals surface area contributed by atoms with Crippen LogP contribution in [0.1, 0.15) is 5.56 Å². The van der Waals surface area contributed by atoms with Gasteiger partial charge in [0.2, 0.25) is 0 Å². The van der Waals surface area contributed by atoms with Crippen LogP contribution in [0.2, 0.25) is 5.02 Å². The molecule has 88 valence electrons. The quantitative estimate of drug-likeness (QED) is 0.848. The molecule has 3 nitrogen and oxygen atoms in total. The number of halogens is 1. The van der Waals surface area contributed by atoms with Crippen LogP contribution in [0.5, 0.6) is 0 Å². The van der Waals surface area contributed by atoms with Gasteiger partial charge in [-0.05, 0) is 11.6 Å². The van der Waals surface area contributed by atoms with Gasteiger partial charge in [-0.3, -0.25) is 4.90 Å². The largest absolute Gasteiger partial charge is 0.378 e. The summed E-state index contributed by atoms with van der Waals surface area (Å²) in [7, 11) is 0. The van der Waals surface area contributed by atoms with Gasteiger partial charge in [0.1, 0.15) is 0 Å². The number of benzene rings is 1. The number of nitrogens with zero attached hydrogens (tertiary/aromatic N) is 1. The summed E-state index contributed by atoms with van der Waals surface area (Å²) >= 11 is 6.15. The zero-order chi connectivity index (χ0) is 11.4. The molecule has 4 heteroatoms. The molecule has 2 N–H and O–H groups in total. The minimum atomic E-state index is 0.500. The van der Waals surface area contributed by atoms with Crippen LogP contribution in [0.4, 0.5) is 0 Å². The van der Waals surface area contributed by atoms with Crippen molar-refractivity contribution in [3.8, 4) is 0 Å². The number of hydrogen-bond donors (Lipinski definition) is 1. The lowest BCUT2D eigenvalue weighted by molar-refractivity contribution is -0.0669. The number of rotatable bonds is 5. The summed E-state index contributed by atoms with van der Waals surface area (Å²) in [6, 6.07) is 8.45. The molecule has 1 aromatic rings. The van der Waals surface area contributed by atoms with E-state index in [0.717, 1.165) is 36.9 Å². The molecule has 0 atom stereocenters. The lowest BCUT2D eigenvalue weighted by Gasteiger charge is -2.37.